The number of nitrogens with two attached hydrogens (primary N) is 1. The summed E-state index contributed by atoms with van der Waals surface area (Å²) in [6, 6.07) is 4.30. The second-order valence-corrected chi connectivity index (χ2v) is 7.98. The van der Waals surface area contributed by atoms with E-state index >= 15 is 0 Å². The maximum Gasteiger partial charge on any atom is 0.240 e. The standard InChI is InChI=1S/C13H21ClN2O2S/c1-9(13(2,3)4)8-16-19(17,18)10-5-6-11(14)12(15)7-10/h5-7,9,16H,8,15H2,1-4H3. The summed E-state index contributed by atoms with van der Waals surface area (Å²) < 4.78 is 26.8. The molecule has 19 heavy (non-hydrogen) atoms. The Morgan fingerprint density at radius 1 is 1.37 bits per heavy atom. The number of hydrogen-bond donors (Lipinski definition) is 2. The third kappa shape index (κ3) is 4.37. The van der Waals surface area contributed by atoms with Crippen molar-refractivity contribution < 1.29 is 8.42 Å². The normalized spacial score (nSPS) is 14.4. The summed E-state index contributed by atoms with van der Waals surface area (Å²) in [5.74, 6) is 0.215. The van der Waals surface area contributed by atoms with Gasteiger partial charge >= 0.3 is 0 Å². The SMILES string of the molecule is CC(CNS(=O)(=O)c1ccc(Cl)c(N)c1)C(C)(C)C. The molecule has 1 aromatic rings. The summed E-state index contributed by atoms with van der Waals surface area (Å²) in [6.07, 6.45) is 0. The minimum atomic E-state index is -3.54. The average Bonchev–Trinajstić information content (AvgIpc) is 2.28. The second-order valence-electron chi connectivity index (χ2n) is 5.80. The van der Waals surface area contributed by atoms with Gasteiger partial charge in [-0.15, -0.1) is 0 Å². The van der Waals surface area contributed by atoms with Crippen LogP contribution in [-0.4, -0.2) is 15.0 Å². The van der Waals surface area contributed by atoms with E-state index in [0.717, 1.165) is 0 Å². The van der Waals surface area contributed by atoms with E-state index in [1.807, 2.05) is 6.92 Å². The Kier molecular flexibility index (Phi) is 4.87. The first-order valence-corrected chi connectivity index (χ1v) is 7.95. The molecule has 4 nitrogen and oxygen atoms in total. The van der Waals surface area contributed by atoms with Crippen molar-refractivity contribution in [3.8, 4) is 0 Å². The van der Waals surface area contributed by atoms with Crippen LogP contribution in [0.25, 0.3) is 0 Å². The monoisotopic (exact) mass is 304 g/mol. The van der Waals surface area contributed by atoms with E-state index < -0.39 is 10.0 Å². The minimum absolute atomic E-state index is 0.0432. The van der Waals surface area contributed by atoms with Crippen molar-refractivity contribution in [3.05, 3.63) is 23.2 Å². The van der Waals surface area contributed by atoms with Gasteiger partial charge in [0.2, 0.25) is 10.0 Å². The van der Waals surface area contributed by atoms with E-state index in [1.54, 1.807) is 0 Å². The van der Waals surface area contributed by atoms with Gasteiger partial charge < -0.3 is 5.73 Å². The van der Waals surface area contributed by atoms with Crippen LogP contribution in [0.5, 0.6) is 0 Å². The fourth-order valence-electron chi connectivity index (χ4n) is 1.31. The molecule has 0 amide bonds. The molecule has 1 unspecified atom stereocenters. The molecule has 0 aliphatic heterocycles. The number of halogens is 1. The Bertz CT molecular complexity index is 550. The number of rotatable bonds is 4. The molecule has 0 heterocycles. The maximum atomic E-state index is 12.1. The molecule has 3 N–H and O–H groups in total. The maximum absolute atomic E-state index is 12.1. The third-order valence-corrected chi connectivity index (χ3v) is 5.10. The van der Waals surface area contributed by atoms with E-state index in [2.05, 4.69) is 25.5 Å². The van der Waals surface area contributed by atoms with Gasteiger partial charge in [0, 0.05) is 6.54 Å². The van der Waals surface area contributed by atoms with Gasteiger partial charge in [0.1, 0.15) is 0 Å². The molecule has 0 fully saturated rings. The molecule has 0 spiro atoms. The van der Waals surface area contributed by atoms with Crippen molar-refractivity contribution in [3.63, 3.8) is 0 Å². The molecule has 6 heteroatoms. The van der Waals surface area contributed by atoms with Crippen LogP contribution in [0, 0.1) is 11.3 Å². The van der Waals surface area contributed by atoms with Crippen molar-refractivity contribution in [2.24, 2.45) is 11.3 Å². The number of nitrogen functional groups attached to an aromatic ring is 1. The van der Waals surface area contributed by atoms with E-state index in [1.165, 1.54) is 18.2 Å². The van der Waals surface area contributed by atoms with Crippen LogP contribution in [0.15, 0.2) is 23.1 Å². The molecule has 0 aromatic heterocycles. The van der Waals surface area contributed by atoms with Gasteiger partial charge in [-0.3, -0.25) is 0 Å². The van der Waals surface area contributed by atoms with Gasteiger partial charge in [-0.25, -0.2) is 13.1 Å². The van der Waals surface area contributed by atoms with Gasteiger partial charge in [0.25, 0.3) is 0 Å². The molecule has 0 radical (unpaired) electrons. The zero-order chi connectivity index (χ0) is 14.8. The molecule has 0 aliphatic rings. The van der Waals surface area contributed by atoms with E-state index in [0.29, 0.717) is 11.6 Å². The summed E-state index contributed by atoms with van der Waals surface area (Å²) in [6.45, 7) is 8.62. The zero-order valence-electron chi connectivity index (χ0n) is 11.7. The van der Waals surface area contributed by atoms with Crippen LogP contribution < -0.4 is 10.5 Å². The van der Waals surface area contributed by atoms with Crippen LogP contribution in [-0.2, 0) is 10.0 Å². The van der Waals surface area contributed by atoms with E-state index in [-0.39, 0.29) is 21.9 Å². The first-order chi connectivity index (χ1) is 8.54. The highest BCUT2D eigenvalue weighted by atomic mass is 35.5. The number of sulfonamides is 1. The molecule has 1 atom stereocenters. The molecule has 1 rings (SSSR count). The largest absolute Gasteiger partial charge is 0.397 e. The quantitative estimate of drug-likeness (QED) is 0.840. The Hall–Kier alpha value is -0.780. The molecular weight excluding hydrogens is 284 g/mol. The Morgan fingerprint density at radius 3 is 2.42 bits per heavy atom. The van der Waals surface area contributed by atoms with E-state index in [4.69, 9.17) is 17.3 Å². The lowest BCUT2D eigenvalue weighted by Gasteiger charge is -2.27. The molecular formula is C13H21ClN2O2S. The average molecular weight is 305 g/mol. The predicted octanol–water partition coefficient (Wildman–Crippen LogP) is 2.88. The molecule has 0 aliphatic carbocycles. The van der Waals surface area contributed by atoms with Crippen molar-refractivity contribution in [2.45, 2.75) is 32.6 Å². The number of benzene rings is 1. The first-order valence-electron chi connectivity index (χ1n) is 6.09. The summed E-state index contributed by atoms with van der Waals surface area (Å²) >= 11 is 5.78. The van der Waals surface area contributed by atoms with Crippen molar-refractivity contribution in [2.75, 3.05) is 12.3 Å². The van der Waals surface area contributed by atoms with Crippen LogP contribution >= 0.6 is 11.6 Å². The zero-order valence-corrected chi connectivity index (χ0v) is 13.3. The second kappa shape index (κ2) is 5.69. The number of nitrogens with one attached hydrogen (secondary N) is 1. The van der Waals surface area contributed by atoms with Crippen LogP contribution in [0.1, 0.15) is 27.7 Å². The molecule has 0 saturated carbocycles. The lowest BCUT2D eigenvalue weighted by molar-refractivity contribution is 0.263. The molecule has 1 aromatic carbocycles. The van der Waals surface area contributed by atoms with E-state index in [9.17, 15) is 8.42 Å². The molecule has 0 bridgehead atoms. The third-order valence-electron chi connectivity index (χ3n) is 3.34. The van der Waals surface area contributed by atoms with Crippen LogP contribution in [0.4, 0.5) is 5.69 Å². The highest BCUT2D eigenvalue weighted by Gasteiger charge is 2.23. The van der Waals surface area contributed by atoms with Gasteiger partial charge in [-0.2, -0.15) is 0 Å². The van der Waals surface area contributed by atoms with Crippen molar-refractivity contribution >= 4 is 27.3 Å². The summed E-state index contributed by atoms with van der Waals surface area (Å²) in [5.41, 5.74) is 5.92. The lowest BCUT2D eigenvalue weighted by atomic mass is 9.82. The first kappa shape index (κ1) is 16.3. The fourth-order valence-corrected chi connectivity index (χ4v) is 2.60. The van der Waals surface area contributed by atoms with Crippen molar-refractivity contribution in [1.82, 2.24) is 4.72 Å². The number of hydrogen-bond acceptors (Lipinski definition) is 3. The topological polar surface area (TPSA) is 72.2 Å². The van der Waals surface area contributed by atoms with Crippen LogP contribution in [0.3, 0.4) is 0 Å². The van der Waals surface area contributed by atoms with Gasteiger partial charge in [0.15, 0.2) is 0 Å². The molecule has 0 saturated heterocycles. The Morgan fingerprint density at radius 2 is 1.95 bits per heavy atom. The highest BCUT2D eigenvalue weighted by molar-refractivity contribution is 7.89. The highest BCUT2D eigenvalue weighted by Crippen LogP contribution is 2.26. The lowest BCUT2D eigenvalue weighted by Crippen LogP contribution is -2.33. The van der Waals surface area contributed by atoms with Gasteiger partial charge in [-0.1, -0.05) is 39.3 Å². The predicted molar refractivity (Wildman–Crippen MR) is 79.7 cm³/mol. The summed E-state index contributed by atoms with van der Waals surface area (Å²) in [4.78, 5) is 0.135. The van der Waals surface area contributed by atoms with Crippen LogP contribution in [0.2, 0.25) is 5.02 Å². The number of anilines is 1. The fraction of sp³-hybridized carbons (Fsp3) is 0.538. The Balaban J connectivity index is 2.85. The Labute approximate surface area is 120 Å². The summed E-state index contributed by atoms with van der Waals surface area (Å²) in [7, 11) is -3.54. The summed E-state index contributed by atoms with van der Waals surface area (Å²) in [5, 5.41) is 0.349. The van der Waals surface area contributed by atoms with Gasteiger partial charge in [0.05, 0.1) is 15.6 Å². The van der Waals surface area contributed by atoms with Gasteiger partial charge in [-0.05, 0) is 29.5 Å². The molecule has 108 valence electrons. The smallest absolute Gasteiger partial charge is 0.240 e. The minimum Gasteiger partial charge on any atom is -0.397 e. The van der Waals surface area contributed by atoms with Crippen molar-refractivity contribution in [1.29, 1.82) is 0 Å².